The van der Waals surface area contributed by atoms with Crippen LogP contribution in [0.4, 0.5) is 5.69 Å². The second-order valence-electron chi connectivity index (χ2n) is 8.35. The fourth-order valence-electron chi connectivity index (χ4n) is 3.92. The highest BCUT2D eigenvalue weighted by atomic mass is 79.9. The molecule has 1 amide bonds. The predicted molar refractivity (Wildman–Crippen MR) is 156 cm³/mol. The van der Waals surface area contributed by atoms with Crippen LogP contribution in [-0.4, -0.2) is 31.7 Å². The third-order valence-corrected chi connectivity index (χ3v) is 8.81. The zero-order valence-electron chi connectivity index (χ0n) is 20.4. The van der Waals surface area contributed by atoms with Crippen molar-refractivity contribution in [2.75, 3.05) is 10.8 Å². The van der Waals surface area contributed by atoms with Gasteiger partial charge < -0.3 is 4.57 Å². The van der Waals surface area contributed by atoms with Crippen LogP contribution in [0.2, 0.25) is 10.0 Å². The Hall–Kier alpha value is -3.11. The lowest BCUT2D eigenvalue weighted by molar-refractivity contribution is -0.119. The lowest BCUT2D eigenvalue weighted by Crippen LogP contribution is -2.39. The summed E-state index contributed by atoms with van der Waals surface area (Å²) in [6, 6.07) is 21.9. The molecule has 196 valence electrons. The molecule has 0 saturated carbocycles. The number of rotatable bonds is 8. The van der Waals surface area contributed by atoms with Gasteiger partial charge in [0.1, 0.15) is 6.54 Å². The Morgan fingerprint density at radius 2 is 1.68 bits per heavy atom. The van der Waals surface area contributed by atoms with E-state index in [1.54, 1.807) is 54.6 Å². The lowest BCUT2D eigenvalue weighted by atomic mass is 10.2. The van der Waals surface area contributed by atoms with Crippen LogP contribution >= 0.6 is 39.1 Å². The number of aryl methyl sites for hydroxylation is 1. The molecule has 0 fully saturated rings. The van der Waals surface area contributed by atoms with Gasteiger partial charge in [-0.05, 0) is 74.5 Å². The molecule has 0 spiro atoms. The van der Waals surface area contributed by atoms with Crippen LogP contribution in [0.3, 0.4) is 0 Å². The van der Waals surface area contributed by atoms with Crippen molar-refractivity contribution >= 4 is 67.0 Å². The molecule has 0 saturated heterocycles. The van der Waals surface area contributed by atoms with Gasteiger partial charge >= 0.3 is 0 Å². The van der Waals surface area contributed by atoms with Crippen LogP contribution in [0.25, 0.3) is 5.69 Å². The van der Waals surface area contributed by atoms with Gasteiger partial charge in [0, 0.05) is 27.1 Å². The van der Waals surface area contributed by atoms with Crippen molar-refractivity contribution < 1.29 is 13.2 Å². The molecular formula is C27H23BrCl2N4O3S. The van der Waals surface area contributed by atoms with Gasteiger partial charge in [-0.3, -0.25) is 9.10 Å². The van der Waals surface area contributed by atoms with E-state index in [1.807, 2.05) is 30.5 Å². The summed E-state index contributed by atoms with van der Waals surface area (Å²) in [7, 11) is -4.00. The highest BCUT2D eigenvalue weighted by Crippen LogP contribution is 2.28. The molecule has 0 bridgehead atoms. The van der Waals surface area contributed by atoms with E-state index < -0.39 is 22.5 Å². The number of hydrazone groups is 1. The minimum atomic E-state index is -4.00. The molecule has 4 rings (SSSR count). The lowest BCUT2D eigenvalue weighted by Gasteiger charge is -2.23. The molecule has 7 nitrogen and oxygen atoms in total. The van der Waals surface area contributed by atoms with E-state index in [0.29, 0.717) is 15.7 Å². The van der Waals surface area contributed by atoms with Gasteiger partial charge in [0.05, 0.1) is 26.8 Å². The van der Waals surface area contributed by atoms with E-state index >= 15 is 0 Å². The summed E-state index contributed by atoms with van der Waals surface area (Å²) < 4.78 is 30.6. The number of sulfonamides is 1. The first-order valence-electron chi connectivity index (χ1n) is 11.4. The fraction of sp³-hybridized carbons (Fsp3) is 0.111. The summed E-state index contributed by atoms with van der Waals surface area (Å²) in [5, 5.41) is 4.99. The largest absolute Gasteiger partial charge is 0.318 e. The van der Waals surface area contributed by atoms with Gasteiger partial charge in [-0.2, -0.15) is 5.10 Å². The van der Waals surface area contributed by atoms with Gasteiger partial charge in [-0.1, -0.05) is 57.3 Å². The molecule has 1 heterocycles. The number of aromatic nitrogens is 1. The molecule has 4 aromatic rings. The number of benzene rings is 3. The highest BCUT2D eigenvalue weighted by Gasteiger charge is 2.27. The second-order valence-corrected chi connectivity index (χ2v) is 11.9. The number of carbonyl (C=O) groups excluding carboxylic acids is 1. The summed E-state index contributed by atoms with van der Waals surface area (Å²) in [5.74, 6) is -0.595. The zero-order chi connectivity index (χ0) is 27.4. The molecule has 0 radical (unpaired) electrons. The van der Waals surface area contributed by atoms with E-state index in [1.165, 1.54) is 18.3 Å². The molecule has 3 aromatic carbocycles. The molecule has 1 aromatic heterocycles. The first-order chi connectivity index (χ1) is 18.1. The van der Waals surface area contributed by atoms with Crippen LogP contribution in [0.5, 0.6) is 0 Å². The number of nitrogens with one attached hydrogen (secondary N) is 1. The number of hydrogen-bond acceptors (Lipinski definition) is 4. The number of hydrogen-bond donors (Lipinski definition) is 1. The van der Waals surface area contributed by atoms with Crippen LogP contribution in [0.1, 0.15) is 17.0 Å². The molecule has 0 aliphatic rings. The average Bonchev–Trinajstić information content (AvgIpc) is 3.18. The number of carbonyl (C=O) groups is 1. The Labute approximate surface area is 239 Å². The predicted octanol–water partition coefficient (Wildman–Crippen LogP) is 6.51. The molecule has 0 atom stereocenters. The highest BCUT2D eigenvalue weighted by molar-refractivity contribution is 9.10. The van der Waals surface area contributed by atoms with Crippen LogP contribution < -0.4 is 9.73 Å². The monoisotopic (exact) mass is 632 g/mol. The van der Waals surface area contributed by atoms with Crippen molar-refractivity contribution in [3.8, 4) is 5.69 Å². The first-order valence-corrected chi connectivity index (χ1v) is 14.4. The summed E-state index contributed by atoms with van der Waals surface area (Å²) >= 11 is 15.6. The minimum absolute atomic E-state index is 0.0777. The fourth-order valence-corrected chi connectivity index (χ4v) is 5.92. The third kappa shape index (κ3) is 6.13. The molecule has 11 heteroatoms. The number of nitrogens with zero attached hydrogens (tertiary/aromatic N) is 3. The number of amides is 1. The maximum Gasteiger partial charge on any atom is 0.264 e. The summed E-state index contributed by atoms with van der Waals surface area (Å²) in [5.41, 5.74) is 6.22. The van der Waals surface area contributed by atoms with Crippen molar-refractivity contribution in [2.24, 2.45) is 5.10 Å². The van der Waals surface area contributed by atoms with E-state index in [0.717, 1.165) is 31.4 Å². The summed E-state index contributed by atoms with van der Waals surface area (Å²) in [4.78, 5) is 12.9. The van der Waals surface area contributed by atoms with Crippen LogP contribution in [0.15, 0.2) is 93.3 Å². The molecule has 0 aliphatic carbocycles. The second kappa shape index (κ2) is 11.7. The van der Waals surface area contributed by atoms with Gasteiger partial charge in [0.25, 0.3) is 15.9 Å². The molecule has 38 heavy (non-hydrogen) atoms. The van der Waals surface area contributed by atoms with Gasteiger partial charge in [-0.15, -0.1) is 0 Å². The smallest absolute Gasteiger partial charge is 0.264 e. The van der Waals surface area contributed by atoms with Gasteiger partial charge in [0.15, 0.2) is 0 Å². The summed E-state index contributed by atoms with van der Waals surface area (Å²) in [6.07, 6.45) is 1.52. The van der Waals surface area contributed by atoms with Crippen molar-refractivity contribution in [1.82, 2.24) is 9.99 Å². The quantitative estimate of drug-likeness (QED) is 0.177. The van der Waals surface area contributed by atoms with Gasteiger partial charge in [-0.25, -0.2) is 13.8 Å². The first kappa shape index (κ1) is 27.9. The van der Waals surface area contributed by atoms with Gasteiger partial charge in [0.2, 0.25) is 0 Å². The topological polar surface area (TPSA) is 83.8 Å². The maximum absolute atomic E-state index is 13.4. The van der Waals surface area contributed by atoms with Crippen LogP contribution in [-0.2, 0) is 14.8 Å². The van der Waals surface area contributed by atoms with Crippen molar-refractivity contribution in [1.29, 1.82) is 0 Å². The maximum atomic E-state index is 13.4. The Balaban J connectivity index is 1.54. The van der Waals surface area contributed by atoms with Crippen molar-refractivity contribution in [3.05, 3.63) is 110 Å². The number of halogens is 3. The number of anilines is 1. The molecule has 0 unspecified atom stereocenters. The molecular weight excluding hydrogens is 611 g/mol. The Morgan fingerprint density at radius 1 is 1.00 bits per heavy atom. The minimum Gasteiger partial charge on any atom is -0.318 e. The van der Waals surface area contributed by atoms with Crippen molar-refractivity contribution in [2.45, 2.75) is 18.7 Å². The normalized spacial score (nSPS) is 11.6. The van der Waals surface area contributed by atoms with Crippen molar-refractivity contribution in [3.63, 3.8) is 0 Å². The zero-order valence-corrected chi connectivity index (χ0v) is 24.3. The van der Waals surface area contributed by atoms with E-state index in [4.69, 9.17) is 23.2 Å². The SMILES string of the molecule is Cc1cc(/C=N\NC(=O)CN(c2ccc(Br)cc2)S(=O)(=O)c2ccccc2)c(C)n1-c1ccc(Cl)c(Cl)c1. The van der Waals surface area contributed by atoms with E-state index in [2.05, 4.69) is 26.5 Å². The average molecular weight is 634 g/mol. The van der Waals surface area contributed by atoms with E-state index in [9.17, 15) is 13.2 Å². The Morgan fingerprint density at radius 3 is 2.34 bits per heavy atom. The Kier molecular flexibility index (Phi) is 8.62. The Bertz CT molecular complexity index is 1610. The summed E-state index contributed by atoms with van der Waals surface area (Å²) in [6.45, 7) is 3.40. The third-order valence-electron chi connectivity index (χ3n) is 5.76. The standard InChI is InChI=1S/C27H23BrCl2N4O3S/c1-18-14-20(19(2)34(18)23-12-13-25(29)26(30)15-23)16-31-32-27(35)17-33(22-10-8-21(28)9-11-22)38(36,37)24-6-4-3-5-7-24/h3-16H,17H2,1-2H3,(H,32,35)/b31-16-. The van der Waals surface area contributed by atoms with E-state index in [-0.39, 0.29) is 4.90 Å². The van der Waals surface area contributed by atoms with Crippen LogP contribution in [0, 0.1) is 13.8 Å². The molecule has 1 N–H and O–H groups in total. The molecule has 0 aliphatic heterocycles.